The van der Waals surface area contributed by atoms with Gasteiger partial charge in [-0.3, -0.25) is 4.90 Å². The van der Waals surface area contributed by atoms with Crippen LogP contribution in [0.1, 0.15) is 31.5 Å². The molecule has 9 nitrogen and oxygen atoms in total. The van der Waals surface area contributed by atoms with Crippen LogP contribution in [0.2, 0.25) is 5.28 Å². The van der Waals surface area contributed by atoms with Crippen molar-refractivity contribution in [3.63, 3.8) is 0 Å². The number of ether oxygens (including phenoxy) is 2. The number of halogens is 1. The standard InChI is InChI=1S/C21H31ClN6O3/c1-26-16(14-27-6-2-15(3-7-27)21(29)4-10-30-11-5-21)23-17-18(26)24-20(22)25-19(17)28-8-12-31-13-9-28/h15,29H,2-14H2,1H3. The Kier molecular flexibility index (Phi) is 6.04. The highest BCUT2D eigenvalue weighted by atomic mass is 35.5. The van der Waals surface area contributed by atoms with Crippen LogP contribution >= 0.6 is 11.6 Å². The molecule has 0 aliphatic carbocycles. The zero-order valence-corrected chi connectivity index (χ0v) is 18.9. The summed E-state index contributed by atoms with van der Waals surface area (Å²) in [5, 5.41) is 11.3. The van der Waals surface area contributed by atoms with Crippen LogP contribution in [0.3, 0.4) is 0 Å². The molecule has 0 unspecified atom stereocenters. The number of aryl methyl sites for hydroxylation is 1. The van der Waals surface area contributed by atoms with Crippen LogP contribution in [-0.2, 0) is 23.1 Å². The van der Waals surface area contributed by atoms with Gasteiger partial charge in [-0.15, -0.1) is 0 Å². The maximum Gasteiger partial charge on any atom is 0.226 e. The first-order valence-electron chi connectivity index (χ1n) is 11.3. The first-order chi connectivity index (χ1) is 15.0. The molecule has 3 saturated heterocycles. The van der Waals surface area contributed by atoms with Crippen molar-refractivity contribution in [2.45, 2.75) is 37.8 Å². The fourth-order valence-electron chi connectivity index (χ4n) is 5.16. The summed E-state index contributed by atoms with van der Waals surface area (Å²) in [5.41, 5.74) is 1.01. The minimum Gasteiger partial charge on any atom is -0.389 e. The molecule has 0 saturated carbocycles. The summed E-state index contributed by atoms with van der Waals surface area (Å²) >= 11 is 6.25. The van der Waals surface area contributed by atoms with E-state index in [9.17, 15) is 5.11 Å². The maximum atomic E-state index is 11.0. The number of rotatable bonds is 4. The number of likely N-dealkylation sites (tertiary alicyclic amines) is 1. The van der Waals surface area contributed by atoms with Crippen molar-refractivity contribution < 1.29 is 14.6 Å². The molecule has 0 bridgehead atoms. The number of piperidine rings is 1. The topological polar surface area (TPSA) is 88.8 Å². The number of morpholine rings is 1. The summed E-state index contributed by atoms with van der Waals surface area (Å²) in [5.74, 6) is 2.11. The second-order valence-corrected chi connectivity index (χ2v) is 9.28. The maximum absolute atomic E-state index is 11.0. The van der Waals surface area contributed by atoms with Crippen LogP contribution < -0.4 is 4.90 Å². The van der Waals surface area contributed by atoms with E-state index in [2.05, 4.69) is 19.8 Å². The van der Waals surface area contributed by atoms with Gasteiger partial charge in [0, 0.05) is 33.4 Å². The van der Waals surface area contributed by atoms with E-state index in [4.69, 9.17) is 26.1 Å². The molecule has 1 N–H and O–H groups in total. The Balaban J connectivity index is 1.31. The third-order valence-electron chi connectivity index (χ3n) is 7.15. The number of aromatic nitrogens is 4. The number of imidazole rings is 1. The normalized spacial score (nSPS) is 23.5. The predicted molar refractivity (Wildman–Crippen MR) is 117 cm³/mol. The third kappa shape index (κ3) is 4.26. The molecule has 3 aliphatic rings. The number of nitrogens with zero attached hydrogens (tertiary/aromatic N) is 6. The highest BCUT2D eigenvalue weighted by Crippen LogP contribution is 2.36. The number of anilines is 1. The Labute approximate surface area is 187 Å². The van der Waals surface area contributed by atoms with Gasteiger partial charge < -0.3 is 24.0 Å². The van der Waals surface area contributed by atoms with Gasteiger partial charge in [0.15, 0.2) is 17.0 Å². The Morgan fingerprint density at radius 1 is 1.00 bits per heavy atom. The van der Waals surface area contributed by atoms with E-state index in [0.717, 1.165) is 81.2 Å². The SMILES string of the molecule is Cn1c(CN2CCC(C3(O)CCOCC3)CC2)nc2c(N3CCOCC3)nc(Cl)nc21. The number of hydrogen-bond acceptors (Lipinski definition) is 8. The van der Waals surface area contributed by atoms with E-state index < -0.39 is 5.60 Å². The van der Waals surface area contributed by atoms with Crippen LogP contribution in [0.25, 0.3) is 11.2 Å². The van der Waals surface area contributed by atoms with Gasteiger partial charge in [-0.1, -0.05) is 0 Å². The van der Waals surface area contributed by atoms with Crippen LogP contribution in [0.5, 0.6) is 0 Å². The van der Waals surface area contributed by atoms with Crippen LogP contribution in [-0.4, -0.2) is 87.7 Å². The van der Waals surface area contributed by atoms with E-state index in [0.29, 0.717) is 32.3 Å². The Morgan fingerprint density at radius 2 is 1.68 bits per heavy atom. The molecule has 31 heavy (non-hydrogen) atoms. The zero-order valence-electron chi connectivity index (χ0n) is 18.1. The smallest absolute Gasteiger partial charge is 0.226 e. The van der Waals surface area contributed by atoms with Gasteiger partial charge >= 0.3 is 0 Å². The van der Waals surface area contributed by atoms with Crippen LogP contribution in [0, 0.1) is 5.92 Å². The third-order valence-corrected chi connectivity index (χ3v) is 7.32. The van der Waals surface area contributed by atoms with E-state index >= 15 is 0 Å². The fourth-order valence-corrected chi connectivity index (χ4v) is 5.32. The minimum absolute atomic E-state index is 0.245. The van der Waals surface area contributed by atoms with Gasteiger partial charge in [0.1, 0.15) is 5.82 Å². The molecule has 0 atom stereocenters. The van der Waals surface area contributed by atoms with Gasteiger partial charge in [0.25, 0.3) is 0 Å². The molecule has 3 aliphatic heterocycles. The Morgan fingerprint density at radius 3 is 2.39 bits per heavy atom. The van der Waals surface area contributed by atoms with Gasteiger partial charge in [-0.05, 0) is 56.3 Å². The molecular formula is C21H31ClN6O3. The van der Waals surface area contributed by atoms with Gasteiger partial charge in [-0.2, -0.15) is 9.97 Å². The lowest BCUT2D eigenvalue weighted by molar-refractivity contribution is -0.112. The molecule has 0 radical (unpaired) electrons. The summed E-state index contributed by atoms with van der Waals surface area (Å²) in [4.78, 5) is 18.5. The molecule has 0 aromatic carbocycles. The summed E-state index contributed by atoms with van der Waals surface area (Å²) in [6.45, 7) is 6.91. The monoisotopic (exact) mass is 450 g/mol. The minimum atomic E-state index is -0.554. The molecule has 170 valence electrons. The molecule has 3 fully saturated rings. The summed E-state index contributed by atoms with van der Waals surface area (Å²) < 4.78 is 13.0. The highest BCUT2D eigenvalue weighted by molar-refractivity contribution is 6.28. The van der Waals surface area contributed by atoms with Crippen molar-refractivity contribution >= 4 is 28.6 Å². The molecule has 10 heteroatoms. The van der Waals surface area contributed by atoms with E-state index in [1.165, 1.54) is 0 Å². The lowest BCUT2D eigenvalue weighted by Gasteiger charge is -2.43. The highest BCUT2D eigenvalue weighted by Gasteiger charge is 2.39. The first kappa shape index (κ1) is 21.3. The summed E-state index contributed by atoms with van der Waals surface area (Å²) in [6.07, 6.45) is 3.52. The van der Waals surface area contributed by atoms with E-state index in [-0.39, 0.29) is 5.28 Å². The van der Waals surface area contributed by atoms with Crippen molar-refractivity contribution in [3.05, 3.63) is 11.1 Å². The lowest BCUT2D eigenvalue weighted by atomic mass is 9.76. The van der Waals surface area contributed by atoms with Gasteiger partial charge in [0.2, 0.25) is 5.28 Å². The average Bonchev–Trinajstić information content (AvgIpc) is 3.10. The molecule has 0 amide bonds. The van der Waals surface area contributed by atoms with Crippen molar-refractivity contribution in [1.82, 2.24) is 24.4 Å². The largest absolute Gasteiger partial charge is 0.389 e. The molecule has 2 aromatic heterocycles. The molecule has 2 aromatic rings. The fraction of sp³-hybridized carbons (Fsp3) is 0.762. The second-order valence-electron chi connectivity index (χ2n) is 8.94. The number of fused-ring (bicyclic) bond motifs is 1. The van der Waals surface area contributed by atoms with Crippen LogP contribution in [0.15, 0.2) is 0 Å². The van der Waals surface area contributed by atoms with Crippen molar-refractivity contribution in [1.29, 1.82) is 0 Å². The van der Waals surface area contributed by atoms with Crippen molar-refractivity contribution in [2.24, 2.45) is 13.0 Å². The van der Waals surface area contributed by atoms with Crippen molar-refractivity contribution in [2.75, 3.05) is 57.5 Å². The lowest BCUT2D eigenvalue weighted by Crippen LogP contribution is -2.48. The molecule has 0 spiro atoms. The first-order valence-corrected chi connectivity index (χ1v) is 11.7. The number of aliphatic hydroxyl groups is 1. The summed E-state index contributed by atoms with van der Waals surface area (Å²) in [7, 11) is 1.99. The predicted octanol–water partition coefficient (Wildman–Crippen LogP) is 1.61. The van der Waals surface area contributed by atoms with Crippen LogP contribution in [0.4, 0.5) is 5.82 Å². The van der Waals surface area contributed by atoms with Gasteiger partial charge in [0.05, 0.1) is 25.4 Å². The molecule has 5 rings (SSSR count). The quantitative estimate of drug-likeness (QED) is 0.703. The Hall–Kier alpha value is -1.52. The average molecular weight is 451 g/mol. The second kappa shape index (κ2) is 8.78. The molecule has 5 heterocycles. The zero-order chi connectivity index (χ0) is 21.4. The van der Waals surface area contributed by atoms with Gasteiger partial charge in [-0.25, -0.2) is 4.98 Å². The van der Waals surface area contributed by atoms with Crippen molar-refractivity contribution in [3.8, 4) is 0 Å². The Bertz CT molecular complexity index is 917. The van der Waals surface area contributed by atoms with E-state index in [1.54, 1.807) is 0 Å². The van der Waals surface area contributed by atoms with E-state index in [1.807, 2.05) is 11.6 Å². The summed E-state index contributed by atoms with van der Waals surface area (Å²) in [6, 6.07) is 0. The molecular weight excluding hydrogens is 420 g/mol. The number of hydrogen-bond donors (Lipinski definition) is 1.